The van der Waals surface area contributed by atoms with Crippen molar-refractivity contribution in [1.29, 1.82) is 0 Å². The van der Waals surface area contributed by atoms with Crippen LogP contribution < -0.4 is 0 Å². The summed E-state index contributed by atoms with van der Waals surface area (Å²) in [6, 6.07) is 8.56. The minimum atomic E-state index is 0.242. The largest absolute Gasteiger partial charge is 0.338 e. The highest BCUT2D eigenvalue weighted by Crippen LogP contribution is 2.38. The van der Waals surface area contributed by atoms with Crippen molar-refractivity contribution in [2.75, 3.05) is 7.05 Å². The van der Waals surface area contributed by atoms with E-state index in [2.05, 4.69) is 51.2 Å². The molecule has 1 saturated carbocycles. The van der Waals surface area contributed by atoms with E-state index < -0.39 is 0 Å². The summed E-state index contributed by atoms with van der Waals surface area (Å²) in [5, 5.41) is 8.22. The Morgan fingerprint density at radius 3 is 2.75 bits per heavy atom. The predicted octanol–water partition coefficient (Wildman–Crippen LogP) is 2.72. The minimum absolute atomic E-state index is 0.242. The van der Waals surface area contributed by atoms with E-state index in [1.54, 1.807) is 11.0 Å². The fraction of sp³-hybridized carbons (Fsp3) is 0.412. The summed E-state index contributed by atoms with van der Waals surface area (Å²) in [5.74, 6) is 2.07. The summed E-state index contributed by atoms with van der Waals surface area (Å²) in [7, 11) is 2.07. The molecule has 1 aliphatic rings. The molecule has 0 N–H and O–H groups in total. The standard InChI is InChI=1S/C17H20N6O/c1-12(13-5-7-15(8-6-13)23-11-18-10-19-23)22(2)9-16-20-17(21-24-16)14-3-4-14/h5-8,10-12,14H,3-4,9H2,1-2H3/t12-/m0/s1. The molecule has 24 heavy (non-hydrogen) atoms. The van der Waals surface area contributed by atoms with Gasteiger partial charge in [0, 0.05) is 12.0 Å². The second-order valence-corrected chi connectivity index (χ2v) is 6.34. The third-order valence-electron chi connectivity index (χ3n) is 4.53. The van der Waals surface area contributed by atoms with Crippen molar-refractivity contribution in [3.05, 3.63) is 54.2 Å². The number of hydrogen-bond donors (Lipinski definition) is 0. The number of hydrogen-bond acceptors (Lipinski definition) is 6. The van der Waals surface area contributed by atoms with E-state index in [1.165, 1.54) is 24.7 Å². The maximum absolute atomic E-state index is 5.37. The van der Waals surface area contributed by atoms with Crippen LogP contribution in [0.25, 0.3) is 5.69 Å². The molecule has 3 aromatic rings. The van der Waals surface area contributed by atoms with E-state index in [-0.39, 0.29) is 6.04 Å². The zero-order chi connectivity index (χ0) is 16.5. The highest BCUT2D eigenvalue weighted by Gasteiger charge is 2.29. The Morgan fingerprint density at radius 2 is 2.08 bits per heavy atom. The monoisotopic (exact) mass is 324 g/mol. The Morgan fingerprint density at radius 1 is 1.29 bits per heavy atom. The van der Waals surface area contributed by atoms with Gasteiger partial charge in [0.1, 0.15) is 12.7 Å². The van der Waals surface area contributed by atoms with Gasteiger partial charge in [-0.25, -0.2) is 9.67 Å². The first-order valence-corrected chi connectivity index (χ1v) is 8.18. The first-order chi connectivity index (χ1) is 11.7. The van der Waals surface area contributed by atoms with Crippen LogP contribution in [-0.4, -0.2) is 36.9 Å². The van der Waals surface area contributed by atoms with Crippen molar-refractivity contribution in [3.63, 3.8) is 0 Å². The van der Waals surface area contributed by atoms with Crippen molar-refractivity contribution in [3.8, 4) is 5.69 Å². The molecule has 7 heteroatoms. The predicted molar refractivity (Wildman–Crippen MR) is 87.5 cm³/mol. The second kappa shape index (κ2) is 6.16. The average molecular weight is 324 g/mol. The summed E-state index contributed by atoms with van der Waals surface area (Å²) in [4.78, 5) is 10.7. The highest BCUT2D eigenvalue weighted by atomic mass is 16.5. The molecule has 0 saturated heterocycles. The smallest absolute Gasteiger partial charge is 0.240 e. The fourth-order valence-electron chi connectivity index (χ4n) is 2.69. The zero-order valence-corrected chi connectivity index (χ0v) is 13.8. The van der Waals surface area contributed by atoms with Gasteiger partial charge in [-0.05, 0) is 44.5 Å². The van der Waals surface area contributed by atoms with Crippen LogP contribution in [0.3, 0.4) is 0 Å². The Hall–Kier alpha value is -2.54. The summed E-state index contributed by atoms with van der Waals surface area (Å²) in [6.07, 6.45) is 5.59. The van der Waals surface area contributed by atoms with Crippen molar-refractivity contribution >= 4 is 0 Å². The Bertz CT molecular complexity index is 791. The third kappa shape index (κ3) is 3.07. The molecular formula is C17H20N6O. The van der Waals surface area contributed by atoms with Crippen LogP contribution in [0.15, 0.2) is 41.4 Å². The first-order valence-electron chi connectivity index (χ1n) is 8.18. The molecule has 4 rings (SSSR count). The molecule has 0 aliphatic heterocycles. The van der Waals surface area contributed by atoms with E-state index in [1.807, 2.05) is 12.1 Å². The lowest BCUT2D eigenvalue weighted by Crippen LogP contribution is -2.22. The summed E-state index contributed by atoms with van der Waals surface area (Å²) >= 11 is 0. The second-order valence-electron chi connectivity index (χ2n) is 6.34. The van der Waals surface area contributed by atoms with E-state index in [9.17, 15) is 0 Å². The van der Waals surface area contributed by atoms with Gasteiger partial charge in [0.15, 0.2) is 5.82 Å². The number of nitrogens with zero attached hydrogens (tertiary/aromatic N) is 6. The summed E-state index contributed by atoms with van der Waals surface area (Å²) < 4.78 is 7.12. The van der Waals surface area contributed by atoms with E-state index in [4.69, 9.17) is 4.52 Å². The molecule has 0 radical (unpaired) electrons. The Balaban J connectivity index is 1.42. The number of rotatable bonds is 6. The van der Waals surface area contributed by atoms with Crippen LogP contribution in [0, 0.1) is 0 Å². The minimum Gasteiger partial charge on any atom is -0.338 e. The molecule has 1 fully saturated rings. The fourth-order valence-corrected chi connectivity index (χ4v) is 2.69. The van der Waals surface area contributed by atoms with Crippen LogP contribution in [0.2, 0.25) is 0 Å². The van der Waals surface area contributed by atoms with Crippen LogP contribution in [-0.2, 0) is 6.54 Å². The summed E-state index contributed by atoms with van der Waals surface area (Å²) in [5.41, 5.74) is 2.22. The van der Waals surface area contributed by atoms with Gasteiger partial charge in [0.05, 0.1) is 12.2 Å². The molecule has 124 valence electrons. The average Bonchev–Trinajstić information content (AvgIpc) is 3.11. The lowest BCUT2D eigenvalue weighted by Gasteiger charge is -2.23. The van der Waals surface area contributed by atoms with E-state index in [0.29, 0.717) is 18.4 Å². The van der Waals surface area contributed by atoms with Gasteiger partial charge in [-0.2, -0.15) is 10.1 Å². The molecule has 0 spiro atoms. The SMILES string of the molecule is C[C@@H](c1ccc(-n2cncn2)cc1)N(C)Cc1nc(C2CC2)no1. The van der Waals surface area contributed by atoms with Crippen LogP contribution in [0.4, 0.5) is 0 Å². The van der Waals surface area contributed by atoms with Crippen LogP contribution in [0.1, 0.15) is 49.0 Å². The van der Waals surface area contributed by atoms with Gasteiger partial charge in [-0.3, -0.25) is 4.90 Å². The molecule has 1 atom stereocenters. The molecule has 2 aromatic heterocycles. The van der Waals surface area contributed by atoms with Crippen molar-refractivity contribution in [2.24, 2.45) is 0 Å². The third-order valence-corrected chi connectivity index (χ3v) is 4.53. The maximum atomic E-state index is 5.37. The molecule has 7 nitrogen and oxygen atoms in total. The van der Waals surface area contributed by atoms with Crippen molar-refractivity contribution in [2.45, 2.75) is 38.3 Å². The van der Waals surface area contributed by atoms with Gasteiger partial charge in [0.25, 0.3) is 0 Å². The summed E-state index contributed by atoms with van der Waals surface area (Å²) in [6.45, 7) is 2.81. The topological polar surface area (TPSA) is 72.9 Å². The Kier molecular flexibility index (Phi) is 3.86. The molecule has 0 bridgehead atoms. The molecule has 1 aromatic carbocycles. The van der Waals surface area contributed by atoms with Gasteiger partial charge in [-0.15, -0.1) is 0 Å². The van der Waals surface area contributed by atoms with E-state index in [0.717, 1.165) is 11.5 Å². The molecule has 0 unspecified atom stereocenters. The molecule has 2 heterocycles. The first kappa shape index (κ1) is 15.0. The zero-order valence-electron chi connectivity index (χ0n) is 13.8. The lowest BCUT2D eigenvalue weighted by molar-refractivity contribution is 0.216. The van der Waals surface area contributed by atoms with Crippen LogP contribution >= 0.6 is 0 Å². The molecule has 1 aliphatic carbocycles. The van der Waals surface area contributed by atoms with Gasteiger partial charge in [-0.1, -0.05) is 17.3 Å². The van der Waals surface area contributed by atoms with Crippen molar-refractivity contribution < 1.29 is 4.52 Å². The Labute approximate surface area is 140 Å². The van der Waals surface area contributed by atoms with Crippen LogP contribution in [0.5, 0.6) is 0 Å². The molecular weight excluding hydrogens is 304 g/mol. The van der Waals surface area contributed by atoms with Gasteiger partial charge in [0.2, 0.25) is 5.89 Å². The lowest BCUT2D eigenvalue weighted by atomic mass is 10.1. The maximum Gasteiger partial charge on any atom is 0.240 e. The van der Waals surface area contributed by atoms with Gasteiger partial charge >= 0.3 is 0 Å². The molecule has 0 amide bonds. The van der Waals surface area contributed by atoms with Crippen molar-refractivity contribution in [1.82, 2.24) is 29.8 Å². The quantitative estimate of drug-likeness (QED) is 0.694. The normalized spacial score (nSPS) is 15.8. The van der Waals surface area contributed by atoms with E-state index >= 15 is 0 Å². The number of aromatic nitrogens is 5. The highest BCUT2D eigenvalue weighted by molar-refractivity contribution is 5.34. The number of benzene rings is 1. The van der Waals surface area contributed by atoms with Gasteiger partial charge < -0.3 is 4.52 Å².